The minimum Gasteiger partial charge on any atom is -0.496 e. The van der Waals surface area contributed by atoms with E-state index in [-0.39, 0.29) is 23.3 Å². The molecule has 0 bridgehead atoms. The molecule has 1 saturated heterocycles. The summed E-state index contributed by atoms with van der Waals surface area (Å²) >= 11 is 1.62. The summed E-state index contributed by atoms with van der Waals surface area (Å²) in [5.74, 6) is -0.124. The molecule has 1 amide bonds. The van der Waals surface area contributed by atoms with Gasteiger partial charge in [0.15, 0.2) is 0 Å². The number of halogens is 1. The highest BCUT2D eigenvalue weighted by molar-refractivity contribution is 7.18. The van der Waals surface area contributed by atoms with Gasteiger partial charge in [-0.25, -0.2) is 19.3 Å². The number of benzene rings is 2. The number of aryl methyl sites for hydroxylation is 1. The van der Waals surface area contributed by atoms with Crippen LogP contribution in [0.5, 0.6) is 5.75 Å². The molecule has 1 unspecified atom stereocenters. The van der Waals surface area contributed by atoms with E-state index >= 15 is 0 Å². The lowest BCUT2D eigenvalue weighted by atomic mass is 10.0. The topological polar surface area (TPSA) is 93.1 Å². The smallest absolute Gasteiger partial charge is 0.274 e. The largest absolute Gasteiger partial charge is 0.496 e. The van der Waals surface area contributed by atoms with Gasteiger partial charge in [-0.3, -0.25) is 9.78 Å². The quantitative estimate of drug-likeness (QED) is 0.289. The van der Waals surface area contributed by atoms with Gasteiger partial charge in [0.1, 0.15) is 29.1 Å². The lowest BCUT2D eigenvalue weighted by Crippen LogP contribution is -2.23. The van der Waals surface area contributed by atoms with Crippen LogP contribution in [0.1, 0.15) is 33.5 Å². The van der Waals surface area contributed by atoms with Crippen molar-refractivity contribution in [3.05, 3.63) is 89.3 Å². The number of pyridine rings is 1. The molecule has 1 fully saturated rings. The molecule has 10 heteroatoms. The van der Waals surface area contributed by atoms with Gasteiger partial charge in [-0.1, -0.05) is 12.1 Å². The number of nitrogens with zero attached hydrogens (tertiary/aromatic N) is 5. The van der Waals surface area contributed by atoms with Gasteiger partial charge in [-0.15, -0.1) is 11.3 Å². The summed E-state index contributed by atoms with van der Waals surface area (Å²) in [7, 11) is 1.53. The number of hydrogen-bond donors (Lipinski definition) is 1. The Balaban J connectivity index is 1.33. The third kappa shape index (κ3) is 4.79. The van der Waals surface area contributed by atoms with Crippen molar-refractivity contribution in [2.45, 2.75) is 19.3 Å². The molecule has 1 N–H and O–H groups in total. The number of rotatable bonds is 6. The summed E-state index contributed by atoms with van der Waals surface area (Å²) in [6.07, 6.45) is 3.74. The van der Waals surface area contributed by atoms with E-state index in [1.54, 1.807) is 41.8 Å². The minimum atomic E-state index is -0.373. The van der Waals surface area contributed by atoms with E-state index in [0.29, 0.717) is 29.2 Å². The van der Waals surface area contributed by atoms with E-state index in [1.807, 2.05) is 31.2 Å². The highest BCUT2D eigenvalue weighted by Crippen LogP contribution is 2.41. The third-order valence-electron chi connectivity index (χ3n) is 6.85. The number of carbonyl (C=O) groups is 1. The Bertz CT molecular complexity index is 1680. The maximum Gasteiger partial charge on any atom is 0.274 e. The number of carbonyl (C=O) groups excluding carboxylic acids is 1. The number of nitrogens with one attached hydrogen (secondary N) is 1. The van der Waals surface area contributed by atoms with Crippen molar-refractivity contribution in [3.8, 4) is 17.0 Å². The van der Waals surface area contributed by atoms with Gasteiger partial charge in [-0.2, -0.15) is 0 Å². The fraction of sp³-hybridized carbons (Fsp3) is 0.207. The van der Waals surface area contributed by atoms with Crippen LogP contribution in [0.3, 0.4) is 0 Å². The normalized spacial score (nSPS) is 15.1. The van der Waals surface area contributed by atoms with Crippen LogP contribution in [0, 0.1) is 12.7 Å². The molecule has 6 rings (SSSR count). The molecule has 0 radical (unpaired) electrons. The van der Waals surface area contributed by atoms with Crippen molar-refractivity contribution in [3.63, 3.8) is 0 Å². The number of thiazole rings is 1. The van der Waals surface area contributed by atoms with Crippen molar-refractivity contribution in [2.75, 3.05) is 30.4 Å². The van der Waals surface area contributed by atoms with Crippen LogP contribution >= 0.6 is 11.3 Å². The molecular formula is C29H25FN6O2S. The van der Waals surface area contributed by atoms with Crippen LogP contribution in [0.25, 0.3) is 21.5 Å². The maximum atomic E-state index is 14.8. The number of aromatic nitrogens is 4. The van der Waals surface area contributed by atoms with Crippen LogP contribution in [0.4, 0.5) is 15.8 Å². The van der Waals surface area contributed by atoms with Crippen molar-refractivity contribution in [2.24, 2.45) is 0 Å². The SMILES string of the molecule is COc1cccc(F)c1-c1cccc(C2CCN(c3c(NC(=O)c4ccncn4)ccc4sc(C)nc34)C2)n1. The Kier molecular flexibility index (Phi) is 6.62. The van der Waals surface area contributed by atoms with Gasteiger partial charge in [-0.05, 0) is 55.8 Å². The first-order chi connectivity index (χ1) is 19.0. The minimum absolute atomic E-state index is 0.114. The molecule has 3 aromatic heterocycles. The predicted octanol–water partition coefficient (Wildman–Crippen LogP) is 5.85. The van der Waals surface area contributed by atoms with Crippen molar-refractivity contribution in [1.29, 1.82) is 0 Å². The summed E-state index contributed by atoms with van der Waals surface area (Å²) in [5, 5.41) is 3.99. The predicted molar refractivity (Wildman–Crippen MR) is 150 cm³/mol. The highest BCUT2D eigenvalue weighted by atomic mass is 32.1. The van der Waals surface area contributed by atoms with E-state index in [4.69, 9.17) is 14.7 Å². The first-order valence-electron chi connectivity index (χ1n) is 12.5. The molecule has 196 valence electrons. The standard InChI is InChI=1S/C29H25FN6O2S/c1-17-33-27-25(39-17)10-9-22(35-29(37)23-11-13-31-16-32-23)28(27)36-14-12-18(15-36)20-6-4-7-21(34-20)26-19(30)5-3-8-24(26)38-2/h3-11,13,16,18H,12,14-15H2,1-2H3,(H,35,37). The van der Waals surface area contributed by atoms with Gasteiger partial charge in [0.05, 0.1) is 39.4 Å². The fourth-order valence-electron chi connectivity index (χ4n) is 5.07. The Hall–Kier alpha value is -4.44. The summed E-state index contributed by atoms with van der Waals surface area (Å²) in [6.45, 7) is 3.41. The number of hydrogen-bond acceptors (Lipinski definition) is 8. The van der Waals surface area contributed by atoms with E-state index in [2.05, 4.69) is 20.2 Å². The maximum absolute atomic E-state index is 14.8. The average molecular weight is 541 g/mol. The Labute approximate surface area is 228 Å². The van der Waals surface area contributed by atoms with Crippen molar-refractivity contribution >= 4 is 38.8 Å². The van der Waals surface area contributed by atoms with Crippen LogP contribution < -0.4 is 15.0 Å². The molecule has 1 atom stereocenters. The average Bonchev–Trinajstić information content (AvgIpc) is 3.59. The molecule has 1 aliphatic heterocycles. The second-order valence-electron chi connectivity index (χ2n) is 9.29. The first kappa shape index (κ1) is 24.9. The van der Waals surface area contributed by atoms with Crippen LogP contribution in [0.15, 0.2) is 67.1 Å². The Morgan fingerprint density at radius 2 is 2.00 bits per heavy atom. The lowest BCUT2D eigenvalue weighted by molar-refractivity contribution is 0.102. The molecule has 0 aliphatic carbocycles. The molecule has 39 heavy (non-hydrogen) atoms. The zero-order valence-corrected chi connectivity index (χ0v) is 22.2. The second kappa shape index (κ2) is 10.4. The number of amides is 1. The van der Waals surface area contributed by atoms with Gasteiger partial charge in [0, 0.05) is 30.9 Å². The lowest BCUT2D eigenvalue weighted by Gasteiger charge is -2.23. The number of ether oxygens (including phenoxy) is 1. The molecule has 0 spiro atoms. The van der Waals surface area contributed by atoms with Crippen molar-refractivity contribution in [1.82, 2.24) is 19.9 Å². The van der Waals surface area contributed by atoms with Gasteiger partial charge in [0.25, 0.3) is 5.91 Å². The Morgan fingerprint density at radius 3 is 2.82 bits per heavy atom. The van der Waals surface area contributed by atoms with E-state index in [0.717, 1.165) is 39.6 Å². The molecule has 4 heterocycles. The van der Waals surface area contributed by atoms with Gasteiger partial charge in [0.2, 0.25) is 0 Å². The highest BCUT2D eigenvalue weighted by Gasteiger charge is 2.30. The summed E-state index contributed by atoms with van der Waals surface area (Å²) < 4.78 is 21.2. The zero-order valence-electron chi connectivity index (χ0n) is 21.4. The number of anilines is 2. The molecule has 5 aromatic rings. The summed E-state index contributed by atoms with van der Waals surface area (Å²) in [5.41, 5.74) is 4.48. The van der Waals surface area contributed by atoms with Crippen LogP contribution in [0.2, 0.25) is 0 Å². The molecular weight excluding hydrogens is 515 g/mol. The number of fused-ring (bicyclic) bond motifs is 1. The first-order valence-corrected chi connectivity index (χ1v) is 13.4. The van der Waals surface area contributed by atoms with Crippen LogP contribution in [-0.4, -0.2) is 46.0 Å². The monoisotopic (exact) mass is 540 g/mol. The third-order valence-corrected chi connectivity index (χ3v) is 7.78. The molecule has 0 saturated carbocycles. The fourth-order valence-corrected chi connectivity index (χ4v) is 5.90. The molecule has 1 aliphatic rings. The molecule has 8 nitrogen and oxygen atoms in total. The Morgan fingerprint density at radius 1 is 1.13 bits per heavy atom. The summed E-state index contributed by atoms with van der Waals surface area (Å²) in [6, 6.07) is 15.9. The van der Waals surface area contributed by atoms with E-state index in [1.165, 1.54) is 19.5 Å². The number of methoxy groups -OCH3 is 1. The van der Waals surface area contributed by atoms with Crippen molar-refractivity contribution < 1.29 is 13.9 Å². The van der Waals surface area contributed by atoms with Crippen LogP contribution in [-0.2, 0) is 0 Å². The second-order valence-corrected chi connectivity index (χ2v) is 10.5. The van der Waals surface area contributed by atoms with Gasteiger partial charge < -0.3 is 15.0 Å². The van der Waals surface area contributed by atoms with E-state index in [9.17, 15) is 9.18 Å². The zero-order chi connectivity index (χ0) is 26.9. The van der Waals surface area contributed by atoms with E-state index < -0.39 is 0 Å². The summed E-state index contributed by atoms with van der Waals surface area (Å²) in [4.78, 5) is 32.9. The van der Waals surface area contributed by atoms with Gasteiger partial charge >= 0.3 is 0 Å². The molecule has 2 aromatic carbocycles.